The lowest BCUT2D eigenvalue weighted by Crippen LogP contribution is -2.36. The van der Waals surface area contributed by atoms with E-state index in [-0.39, 0.29) is 24.3 Å². The Morgan fingerprint density at radius 2 is 1.90 bits per heavy atom. The molecule has 0 aromatic rings. The summed E-state index contributed by atoms with van der Waals surface area (Å²) in [5.41, 5.74) is 0.000805. The first-order valence-electron chi connectivity index (χ1n) is 7.10. The van der Waals surface area contributed by atoms with Crippen LogP contribution in [-0.4, -0.2) is 42.3 Å². The summed E-state index contributed by atoms with van der Waals surface area (Å²) in [5, 5.41) is 0. The largest absolute Gasteiger partial charge is 0.353 e. The molecule has 0 saturated carbocycles. The van der Waals surface area contributed by atoms with Gasteiger partial charge in [-0.15, -0.1) is 0 Å². The molecule has 0 fully saturated rings. The average Bonchev–Trinajstić information content (AvgIpc) is 2.64. The number of hydrogen-bond donors (Lipinski definition) is 0. The lowest BCUT2D eigenvalue weighted by Gasteiger charge is -2.29. The summed E-state index contributed by atoms with van der Waals surface area (Å²) in [6.45, 7) is 9.76. The molecule has 0 aliphatic carbocycles. The Bertz CT molecular complexity index is 428. The van der Waals surface area contributed by atoms with Crippen molar-refractivity contribution in [1.29, 1.82) is 0 Å². The van der Waals surface area contributed by atoms with Crippen molar-refractivity contribution in [2.24, 2.45) is 5.92 Å². The zero-order valence-electron chi connectivity index (χ0n) is 13.6. The number of rotatable bonds is 8. The molecule has 1 heterocycles. The maximum absolute atomic E-state index is 11.7. The van der Waals surface area contributed by atoms with Crippen molar-refractivity contribution in [3.63, 3.8) is 0 Å². The monoisotopic (exact) mass is 299 g/mol. The van der Waals surface area contributed by atoms with Crippen molar-refractivity contribution in [1.82, 2.24) is 4.90 Å². The first-order valence-corrected chi connectivity index (χ1v) is 7.10. The first kappa shape index (κ1) is 17.8. The quantitative estimate of drug-likeness (QED) is 0.297. The SMILES string of the molecule is COC(CCN1C(=O)C=C(C)C1=O)OOC(C)(C)C(C)C. The number of amides is 2. The number of nitrogens with zero attached hydrogens (tertiary/aromatic N) is 1. The molecule has 0 aromatic carbocycles. The van der Waals surface area contributed by atoms with Gasteiger partial charge in [-0.3, -0.25) is 14.5 Å². The molecule has 120 valence electrons. The number of hydrogen-bond acceptors (Lipinski definition) is 5. The Morgan fingerprint density at radius 1 is 1.29 bits per heavy atom. The van der Waals surface area contributed by atoms with Crippen LogP contribution in [0.1, 0.15) is 41.0 Å². The lowest BCUT2D eigenvalue weighted by molar-refractivity contribution is -0.423. The standard InChI is InChI=1S/C15H25NO5/c1-10(2)15(4,5)21-20-13(19-6)7-8-16-12(17)9-11(3)14(16)18/h9-10,13H,7-8H2,1-6H3. The van der Waals surface area contributed by atoms with E-state index in [1.807, 2.05) is 27.7 Å². The fourth-order valence-electron chi connectivity index (χ4n) is 1.56. The van der Waals surface area contributed by atoms with Crippen LogP contribution < -0.4 is 0 Å². The molecule has 0 radical (unpaired) electrons. The number of carbonyl (C=O) groups is 2. The van der Waals surface area contributed by atoms with Crippen LogP contribution in [0.25, 0.3) is 0 Å². The van der Waals surface area contributed by atoms with Gasteiger partial charge >= 0.3 is 0 Å². The van der Waals surface area contributed by atoms with Gasteiger partial charge in [0.05, 0.1) is 0 Å². The molecule has 1 atom stereocenters. The van der Waals surface area contributed by atoms with Gasteiger partial charge in [-0.1, -0.05) is 13.8 Å². The molecule has 2 amide bonds. The second kappa shape index (κ2) is 7.15. The van der Waals surface area contributed by atoms with Crippen molar-refractivity contribution < 1.29 is 24.1 Å². The first-order chi connectivity index (χ1) is 9.69. The number of methoxy groups -OCH3 is 1. The second-order valence-electron chi connectivity index (χ2n) is 6.01. The van der Waals surface area contributed by atoms with Crippen LogP contribution in [-0.2, 0) is 24.1 Å². The van der Waals surface area contributed by atoms with Crippen LogP contribution in [0.4, 0.5) is 0 Å². The summed E-state index contributed by atoms with van der Waals surface area (Å²) >= 11 is 0. The molecule has 1 rings (SSSR count). The molecule has 21 heavy (non-hydrogen) atoms. The number of ether oxygens (including phenoxy) is 1. The average molecular weight is 299 g/mol. The summed E-state index contributed by atoms with van der Waals surface area (Å²) in [6.07, 6.45) is 1.05. The van der Waals surface area contributed by atoms with E-state index in [1.54, 1.807) is 6.92 Å². The number of carbonyl (C=O) groups excluding carboxylic acids is 2. The van der Waals surface area contributed by atoms with Gasteiger partial charge in [-0.2, -0.15) is 0 Å². The van der Waals surface area contributed by atoms with Crippen LogP contribution in [0.5, 0.6) is 0 Å². The second-order valence-corrected chi connectivity index (χ2v) is 6.01. The fraction of sp³-hybridized carbons (Fsp3) is 0.733. The Balaban J connectivity index is 2.46. The molecule has 0 spiro atoms. The Morgan fingerprint density at radius 3 is 2.33 bits per heavy atom. The highest BCUT2D eigenvalue weighted by Crippen LogP contribution is 2.22. The lowest BCUT2D eigenvalue weighted by atomic mass is 9.95. The predicted octanol–water partition coefficient (Wildman–Crippen LogP) is 2.05. The van der Waals surface area contributed by atoms with Crippen LogP contribution >= 0.6 is 0 Å². The van der Waals surface area contributed by atoms with Gasteiger partial charge in [0.15, 0.2) is 6.29 Å². The van der Waals surface area contributed by atoms with Crippen LogP contribution in [0.15, 0.2) is 11.6 Å². The van der Waals surface area contributed by atoms with Crippen molar-refractivity contribution >= 4 is 11.8 Å². The maximum Gasteiger partial charge on any atom is 0.256 e. The van der Waals surface area contributed by atoms with Gasteiger partial charge < -0.3 is 4.74 Å². The highest BCUT2D eigenvalue weighted by molar-refractivity contribution is 6.15. The molecule has 0 bridgehead atoms. The predicted molar refractivity (Wildman–Crippen MR) is 77.0 cm³/mol. The molecule has 6 heteroatoms. The summed E-state index contributed by atoms with van der Waals surface area (Å²) in [5.74, 6) is -0.294. The molecule has 1 aliphatic heterocycles. The third-order valence-corrected chi connectivity index (χ3v) is 3.80. The molecular weight excluding hydrogens is 274 g/mol. The van der Waals surface area contributed by atoms with Gasteiger partial charge in [0.1, 0.15) is 5.60 Å². The molecule has 0 saturated heterocycles. The summed E-state index contributed by atoms with van der Waals surface area (Å²) in [7, 11) is 1.49. The molecule has 0 aromatic heterocycles. The number of imide groups is 1. The van der Waals surface area contributed by atoms with Gasteiger partial charge in [-0.25, -0.2) is 9.78 Å². The van der Waals surface area contributed by atoms with E-state index < -0.39 is 11.9 Å². The van der Waals surface area contributed by atoms with Crippen LogP contribution in [0.2, 0.25) is 0 Å². The highest BCUT2D eigenvalue weighted by atomic mass is 17.2. The van der Waals surface area contributed by atoms with E-state index in [0.29, 0.717) is 12.0 Å². The zero-order chi connectivity index (χ0) is 16.2. The minimum absolute atomic E-state index is 0.232. The minimum Gasteiger partial charge on any atom is -0.353 e. The van der Waals surface area contributed by atoms with Crippen molar-refractivity contribution in [2.75, 3.05) is 13.7 Å². The highest BCUT2D eigenvalue weighted by Gasteiger charge is 2.30. The molecule has 1 unspecified atom stereocenters. The van der Waals surface area contributed by atoms with Gasteiger partial charge in [-0.05, 0) is 26.7 Å². The van der Waals surface area contributed by atoms with E-state index in [4.69, 9.17) is 14.5 Å². The molecule has 0 N–H and O–H groups in total. The summed E-state index contributed by atoms with van der Waals surface area (Å²) in [4.78, 5) is 35.2. The van der Waals surface area contributed by atoms with E-state index in [0.717, 1.165) is 0 Å². The van der Waals surface area contributed by atoms with Gasteiger partial charge in [0.2, 0.25) is 0 Å². The third-order valence-electron chi connectivity index (χ3n) is 3.80. The van der Waals surface area contributed by atoms with Gasteiger partial charge in [0, 0.05) is 31.7 Å². The smallest absolute Gasteiger partial charge is 0.256 e. The fourth-order valence-corrected chi connectivity index (χ4v) is 1.56. The Labute approximate surface area is 126 Å². The van der Waals surface area contributed by atoms with Crippen LogP contribution in [0.3, 0.4) is 0 Å². The van der Waals surface area contributed by atoms with E-state index in [1.165, 1.54) is 18.1 Å². The summed E-state index contributed by atoms with van der Waals surface area (Å²) < 4.78 is 5.17. The van der Waals surface area contributed by atoms with E-state index in [2.05, 4.69) is 0 Å². The van der Waals surface area contributed by atoms with Crippen molar-refractivity contribution in [3.05, 3.63) is 11.6 Å². The minimum atomic E-state index is -0.635. The topological polar surface area (TPSA) is 65.1 Å². The summed E-state index contributed by atoms with van der Waals surface area (Å²) in [6, 6.07) is 0. The van der Waals surface area contributed by atoms with E-state index in [9.17, 15) is 9.59 Å². The Hall–Kier alpha value is -1.24. The molecule has 1 aliphatic rings. The Kier molecular flexibility index (Phi) is 6.07. The van der Waals surface area contributed by atoms with Crippen molar-refractivity contribution in [3.8, 4) is 0 Å². The zero-order valence-corrected chi connectivity index (χ0v) is 13.6. The maximum atomic E-state index is 11.7. The van der Waals surface area contributed by atoms with E-state index >= 15 is 0 Å². The van der Waals surface area contributed by atoms with Crippen LogP contribution in [0, 0.1) is 5.92 Å². The molecular formula is C15H25NO5. The normalized spacial score (nSPS) is 17.7. The third kappa shape index (κ3) is 4.62. The molecule has 6 nitrogen and oxygen atoms in total. The van der Waals surface area contributed by atoms with Gasteiger partial charge in [0.25, 0.3) is 11.8 Å². The van der Waals surface area contributed by atoms with Crippen molar-refractivity contribution in [2.45, 2.75) is 52.9 Å².